The van der Waals surface area contributed by atoms with E-state index in [-0.39, 0.29) is 18.6 Å². The van der Waals surface area contributed by atoms with Crippen molar-refractivity contribution in [1.82, 2.24) is 0 Å². The Balaban J connectivity index is 1.84. The Morgan fingerprint density at radius 2 is 1.87 bits per heavy atom. The maximum Gasteiger partial charge on any atom is 0.262 e. The van der Waals surface area contributed by atoms with Crippen molar-refractivity contribution in [3.8, 4) is 11.5 Å². The third-order valence-corrected chi connectivity index (χ3v) is 3.56. The summed E-state index contributed by atoms with van der Waals surface area (Å²) in [5, 5.41) is 3.24. The monoisotopic (exact) mass is 333 g/mol. The first-order valence-corrected chi connectivity index (χ1v) is 7.90. The van der Waals surface area contributed by atoms with Crippen LogP contribution in [0.4, 0.5) is 5.69 Å². The van der Waals surface area contributed by atoms with Gasteiger partial charge in [-0.3, -0.25) is 4.79 Å². The first-order chi connectivity index (χ1) is 11.1. The number of halogens is 1. The van der Waals surface area contributed by atoms with Crippen LogP contribution in [-0.4, -0.2) is 18.6 Å². The van der Waals surface area contributed by atoms with Crippen molar-refractivity contribution in [2.45, 2.75) is 26.4 Å². The van der Waals surface area contributed by atoms with Gasteiger partial charge in [-0.15, -0.1) is 0 Å². The molecule has 0 radical (unpaired) electrons. The zero-order valence-electron chi connectivity index (χ0n) is 13.2. The molecular weight excluding hydrogens is 314 g/mol. The lowest BCUT2D eigenvalue weighted by Gasteiger charge is -2.13. The smallest absolute Gasteiger partial charge is 0.262 e. The van der Waals surface area contributed by atoms with E-state index < -0.39 is 0 Å². The SMILES string of the molecule is CCC(C)Oc1ccc(NC(=O)COc2ccccc2Cl)cc1. The lowest BCUT2D eigenvalue weighted by atomic mass is 10.3. The summed E-state index contributed by atoms with van der Waals surface area (Å²) in [6, 6.07) is 14.3. The highest BCUT2D eigenvalue weighted by atomic mass is 35.5. The van der Waals surface area contributed by atoms with Crippen molar-refractivity contribution in [3.63, 3.8) is 0 Å². The summed E-state index contributed by atoms with van der Waals surface area (Å²) in [6.07, 6.45) is 1.11. The van der Waals surface area contributed by atoms with Crippen LogP contribution in [0, 0.1) is 0 Å². The van der Waals surface area contributed by atoms with E-state index in [1.54, 1.807) is 36.4 Å². The molecule has 0 aromatic heterocycles. The van der Waals surface area contributed by atoms with E-state index >= 15 is 0 Å². The molecule has 4 nitrogen and oxygen atoms in total. The van der Waals surface area contributed by atoms with Crippen LogP contribution in [-0.2, 0) is 4.79 Å². The quantitative estimate of drug-likeness (QED) is 0.809. The van der Waals surface area contributed by atoms with Gasteiger partial charge in [-0.25, -0.2) is 0 Å². The molecule has 5 heteroatoms. The average molecular weight is 334 g/mol. The molecule has 23 heavy (non-hydrogen) atoms. The number of carbonyl (C=O) groups is 1. The molecular formula is C18H20ClNO3. The summed E-state index contributed by atoms with van der Waals surface area (Å²) in [5.41, 5.74) is 0.689. The number of anilines is 1. The van der Waals surface area contributed by atoms with Gasteiger partial charge in [0.05, 0.1) is 11.1 Å². The van der Waals surface area contributed by atoms with E-state index in [0.717, 1.165) is 12.2 Å². The van der Waals surface area contributed by atoms with Gasteiger partial charge in [0, 0.05) is 5.69 Å². The number of benzene rings is 2. The average Bonchev–Trinajstić information content (AvgIpc) is 2.56. The second kappa shape index (κ2) is 8.44. The molecule has 1 atom stereocenters. The van der Waals surface area contributed by atoms with E-state index in [4.69, 9.17) is 21.1 Å². The molecule has 0 fully saturated rings. The third-order valence-electron chi connectivity index (χ3n) is 3.25. The van der Waals surface area contributed by atoms with E-state index in [9.17, 15) is 4.79 Å². The van der Waals surface area contributed by atoms with Crippen LogP contribution in [0.1, 0.15) is 20.3 Å². The fourth-order valence-electron chi connectivity index (χ4n) is 1.83. The number of nitrogens with one attached hydrogen (secondary N) is 1. The standard InChI is InChI=1S/C18H20ClNO3/c1-3-13(2)23-15-10-8-14(9-11-15)20-18(21)12-22-17-7-5-4-6-16(17)19/h4-11,13H,3,12H2,1-2H3,(H,20,21). The Morgan fingerprint density at radius 3 is 2.52 bits per heavy atom. The highest BCUT2D eigenvalue weighted by Gasteiger charge is 2.07. The molecule has 0 aliphatic heterocycles. The van der Waals surface area contributed by atoms with Gasteiger partial charge in [0.1, 0.15) is 11.5 Å². The summed E-state index contributed by atoms with van der Waals surface area (Å²) in [7, 11) is 0. The Bertz CT molecular complexity index is 643. The van der Waals surface area contributed by atoms with E-state index in [2.05, 4.69) is 12.2 Å². The van der Waals surface area contributed by atoms with Crippen LogP contribution in [0.25, 0.3) is 0 Å². The third kappa shape index (κ3) is 5.49. The Labute approximate surface area is 141 Å². The molecule has 1 unspecified atom stereocenters. The van der Waals surface area contributed by atoms with Crippen molar-refractivity contribution in [1.29, 1.82) is 0 Å². The van der Waals surface area contributed by atoms with Gasteiger partial charge in [-0.2, -0.15) is 0 Å². The zero-order chi connectivity index (χ0) is 16.7. The fraction of sp³-hybridized carbons (Fsp3) is 0.278. The number of rotatable bonds is 7. The summed E-state index contributed by atoms with van der Waals surface area (Å²) in [6.45, 7) is 3.98. The molecule has 0 aliphatic rings. The fourth-order valence-corrected chi connectivity index (χ4v) is 2.02. The predicted molar refractivity (Wildman–Crippen MR) is 92.4 cm³/mol. The predicted octanol–water partition coefficient (Wildman–Crippen LogP) is 4.53. The molecule has 0 bridgehead atoms. The zero-order valence-corrected chi connectivity index (χ0v) is 14.0. The highest BCUT2D eigenvalue weighted by Crippen LogP contribution is 2.23. The van der Waals surface area contributed by atoms with Crippen molar-refractivity contribution in [2.75, 3.05) is 11.9 Å². The number of hydrogen-bond donors (Lipinski definition) is 1. The molecule has 1 amide bonds. The summed E-state index contributed by atoms with van der Waals surface area (Å²) < 4.78 is 11.1. The van der Waals surface area contributed by atoms with Gasteiger partial charge < -0.3 is 14.8 Å². The van der Waals surface area contributed by atoms with Crippen molar-refractivity contribution in [3.05, 3.63) is 53.6 Å². The van der Waals surface area contributed by atoms with Gasteiger partial charge in [0.15, 0.2) is 6.61 Å². The maximum absolute atomic E-state index is 11.9. The topological polar surface area (TPSA) is 47.6 Å². The first-order valence-electron chi connectivity index (χ1n) is 7.52. The number of carbonyl (C=O) groups excluding carboxylic acids is 1. The van der Waals surface area contributed by atoms with Crippen LogP contribution < -0.4 is 14.8 Å². The molecule has 0 aliphatic carbocycles. The van der Waals surface area contributed by atoms with Gasteiger partial charge in [-0.1, -0.05) is 30.7 Å². The van der Waals surface area contributed by atoms with Gasteiger partial charge in [-0.05, 0) is 49.7 Å². The van der Waals surface area contributed by atoms with Gasteiger partial charge in [0.2, 0.25) is 0 Å². The lowest BCUT2D eigenvalue weighted by Crippen LogP contribution is -2.20. The maximum atomic E-state index is 11.9. The number of amides is 1. The molecule has 2 aromatic rings. The molecule has 0 heterocycles. The minimum absolute atomic E-state index is 0.102. The van der Waals surface area contributed by atoms with E-state index in [1.165, 1.54) is 0 Å². The number of hydrogen-bond acceptors (Lipinski definition) is 3. The number of ether oxygens (including phenoxy) is 2. The van der Waals surface area contributed by atoms with Crippen molar-refractivity contribution >= 4 is 23.2 Å². The summed E-state index contributed by atoms with van der Waals surface area (Å²) in [4.78, 5) is 11.9. The highest BCUT2D eigenvalue weighted by molar-refractivity contribution is 6.32. The second-order valence-electron chi connectivity index (χ2n) is 5.13. The molecule has 1 N–H and O–H groups in total. The summed E-state index contributed by atoms with van der Waals surface area (Å²) >= 11 is 5.97. The van der Waals surface area contributed by atoms with E-state index in [0.29, 0.717) is 16.5 Å². The van der Waals surface area contributed by atoms with Gasteiger partial charge in [0.25, 0.3) is 5.91 Å². The van der Waals surface area contributed by atoms with Crippen molar-refractivity contribution < 1.29 is 14.3 Å². The van der Waals surface area contributed by atoms with E-state index in [1.807, 2.05) is 19.1 Å². The Hall–Kier alpha value is -2.20. The lowest BCUT2D eigenvalue weighted by molar-refractivity contribution is -0.118. The van der Waals surface area contributed by atoms with Gasteiger partial charge >= 0.3 is 0 Å². The van der Waals surface area contributed by atoms with Crippen LogP contribution in [0.3, 0.4) is 0 Å². The minimum Gasteiger partial charge on any atom is -0.491 e. The molecule has 2 aromatic carbocycles. The van der Waals surface area contributed by atoms with Crippen LogP contribution >= 0.6 is 11.6 Å². The van der Waals surface area contributed by atoms with Crippen LogP contribution in [0.15, 0.2) is 48.5 Å². The Morgan fingerprint density at radius 1 is 1.17 bits per heavy atom. The molecule has 0 spiro atoms. The molecule has 2 rings (SSSR count). The van der Waals surface area contributed by atoms with Crippen LogP contribution in [0.2, 0.25) is 5.02 Å². The molecule has 0 saturated carbocycles. The van der Waals surface area contributed by atoms with Crippen molar-refractivity contribution in [2.24, 2.45) is 0 Å². The number of para-hydroxylation sites is 1. The van der Waals surface area contributed by atoms with Crippen LogP contribution in [0.5, 0.6) is 11.5 Å². The second-order valence-corrected chi connectivity index (χ2v) is 5.54. The largest absolute Gasteiger partial charge is 0.491 e. The minimum atomic E-state index is -0.250. The normalized spacial score (nSPS) is 11.6. The molecule has 122 valence electrons. The molecule has 0 saturated heterocycles. The summed E-state index contributed by atoms with van der Waals surface area (Å²) in [5.74, 6) is 1.02. The first kappa shape index (κ1) is 17.2. The Kier molecular flexibility index (Phi) is 6.29.